The summed E-state index contributed by atoms with van der Waals surface area (Å²) in [6.07, 6.45) is -0.658. The van der Waals surface area contributed by atoms with E-state index in [0.717, 1.165) is 16.7 Å². The van der Waals surface area contributed by atoms with E-state index >= 15 is 0 Å². The Labute approximate surface area is 151 Å². The van der Waals surface area contributed by atoms with Gasteiger partial charge in [-0.15, -0.1) is 10.2 Å². The Kier molecular flexibility index (Phi) is 5.31. The van der Waals surface area contributed by atoms with Crippen molar-refractivity contribution in [2.45, 2.75) is 26.9 Å². The highest BCUT2D eigenvalue weighted by molar-refractivity contribution is 5.71. The van der Waals surface area contributed by atoms with E-state index in [1.807, 2.05) is 62.4 Å². The highest BCUT2D eigenvalue weighted by Crippen LogP contribution is 2.23. The van der Waals surface area contributed by atoms with E-state index < -0.39 is 12.1 Å². The largest absolute Gasteiger partial charge is 0.482 e. The van der Waals surface area contributed by atoms with Gasteiger partial charge in [-0.25, -0.2) is 4.79 Å². The van der Waals surface area contributed by atoms with Crippen molar-refractivity contribution in [3.8, 4) is 17.2 Å². The van der Waals surface area contributed by atoms with Gasteiger partial charge in [0, 0.05) is 5.56 Å². The fourth-order valence-electron chi connectivity index (χ4n) is 2.40. The molecule has 3 rings (SSSR count). The Balaban J connectivity index is 1.58. The molecule has 0 saturated carbocycles. The van der Waals surface area contributed by atoms with Crippen LogP contribution in [0.5, 0.6) is 5.75 Å². The highest BCUT2D eigenvalue weighted by Gasteiger charge is 2.19. The molecule has 6 nitrogen and oxygen atoms in total. The molecule has 0 saturated heterocycles. The number of carbonyl (C=O) groups excluding carboxylic acids is 1. The summed E-state index contributed by atoms with van der Waals surface area (Å²) in [6.45, 7) is 5.43. The van der Waals surface area contributed by atoms with E-state index in [4.69, 9.17) is 13.9 Å². The maximum absolute atomic E-state index is 12.0. The summed E-state index contributed by atoms with van der Waals surface area (Å²) < 4.78 is 16.5. The van der Waals surface area contributed by atoms with Crippen molar-refractivity contribution in [2.75, 3.05) is 6.61 Å². The summed E-state index contributed by atoms with van der Waals surface area (Å²) >= 11 is 0. The Hall–Kier alpha value is -3.15. The quantitative estimate of drug-likeness (QED) is 0.623. The van der Waals surface area contributed by atoms with Gasteiger partial charge in [-0.1, -0.05) is 30.3 Å². The van der Waals surface area contributed by atoms with Gasteiger partial charge >= 0.3 is 5.97 Å². The lowest BCUT2D eigenvalue weighted by atomic mass is 10.1. The van der Waals surface area contributed by atoms with Gasteiger partial charge in [0.25, 0.3) is 5.89 Å². The van der Waals surface area contributed by atoms with Gasteiger partial charge in [-0.2, -0.15) is 0 Å². The van der Waals surface area contributed by atoms with Crippen LogP contribution in [0.25, 0.3) is 11.5 Å². The Morgan fingerprint density at radius 3 is 2.62 bits per heavy atom. The second-order valence-electron chi connectivity index (χ2n) is 5.93. The smallest absolute Gasteiger partial charge is 0.344 e. The van der Waals surface area contributed by atoms with Crippen LogP contribution in [-0.4, -0.2) is 22.8 Å². The summed E-state index contributed by atoms with van der Waals surface area (Å²) in [7, 11) is 0. The first-order valence-corrected chi connectivity index (χ1v) is 8.32. The third kappa shape index (κ3) is 4.08. The summed E-state index contributed by atoms with van der Waals surface area (Å²) in [6, 6.07) is 15.1. The zero-order valence-corrected chi connectivity index (χ0v) is 14.9. The fraction of sp³-hybridized carbons (Fsp3) is 0.250. The van der Waals surface area contributed by atoms with Gasteiger partial charge in [0.05, 0.1) is 0 Å². The topological polar surface area (TPSA) is 74.5 Å². The van der Waals surface area contributed by atoms with Gasteiger partial charge in [0.15, 0.2) is 12.7 Å². The second-order valence-corrected chi connectivity index (χ2v) is 5.93. The van der Waals surface area contributed by atoms with Crippen LogP contribution in [0.15, 0.2) is 52.9 Å². The van der Waals surface area contributed by atoms with Gasteiger partial charge in [-0.05, 0) is 50.1 Å². The van der Waals surface area contributed by atoms with Crippen molar-refractivity contribution in [1.29, 1.82) is 0 Å². The van der Waals surface area contributed by atoms with E-state index in [2.05, 4.69) is 10.2 Å². The predicted molar refractivity (Wildman–Crippen MR) is 95.7 cm³/mol. The first-order valence-electron chi connectivity index (χ1n) is 8.32. The van der Waals surface area contributed by atoms with Gasteiger partial charge in [0.2, 0.25) is 5.89 Å². The number of nitrogens with zero attached hydrogens (tertiary/aromatic N) is 2. The second kappa shape index (κ2) is 7.82. The van der Waals surface area contributed by atoms with E-state index in [1.54, 1.807) is 6.92 Å². The van der Waals surface area contributed by atoms with Crippen LogP contribution >= 0.6 is 0 Å². The SMILES string of the molecule is Cc1cccc(OCC(=O)O[C@H](C)c2nnc(-c3ccccc3)o2)c1C. The number of rotatable bonds is 6. The number of aromatic nitrogens is 2. The van der Waals surface area contributed by atoms with Crippen LogP contribution in [0.1, 0.15) is 30.0 Å². The van der Waals surface area contributed by atoms with Gasteiger partial charge in [0.1, 0.15) is 5.75 Å². The van der Waals surface area contributed by atoms with Crippen molar-refractivity contribution in [2.24, 2.45) is 0 Å². The zero-order chi connectivity index (χ0) is 18.5. The fourth-order valence-corrected chi connectivity index (χ4v) is 2.40. The zero-order valence-electron chi connectivity index (χ0n) is 14.9. The molecular formula is C20H20N2O4. The lowest BCUT2D eigenvalue weighted by molar-refractivity contribution is -0.152. The lowest BCUT2D eigenvalue weighted by Gasteiger charge is -2.12. The molecule has 0 aliphatic carbocycles. The Bertz CT molecular complexity index is 890. The number of benzene rings is 2. The molecule has 2 aromatic carbocycles. The van der Waals surface area contributed by atoms with E-state index in [1.165, 1.54) is 0 Å². The molecule has 0 fully saturated rings. The van der Waals surface area contributed by atoms with Crippen LogP contribution in [0, 0.1) is 13.8 Å². The molecule has 3 aromatic rings. The molecule has 0 bridgehead atoms. The summed E-state index contributed by atoms with van der Waals surface area (Å²) in [5.74, 6) is 0.788. The summed E-state index contributed by atoms with van der Waals surface area (Å²) in [5, 5.41) is 7.95. The molecule has 0 aliphatic rings. The van der Waals surface area contributed by atoms with Crippen LogP contribution in [0.2, 0.25) is 0 Å². The van der Waals surface area contributed by atoms with E-state index in [0.29, 0.717) is 11.6 Å². The van der Waals surface area contributed by atoms with Gasteiger partial charge < -0.3 is 13.9 Å². The van der Waals surface area contributed by atoms with Crippen LogP contribution in [-0.2, 0) is 9.53 Å². The van der Waals surface area contributed by atoms with Crippen molar-refractivity contribution in [3.63, 3.8) is 0 Å². The number of hydrogen-bond acceptors (Lipinski definition) is 6. The number of hydrogen-bond donors (Lipinski definition) is 0. The third-order valence-electron chi connectivity index (χ3n) is 4.02. The molecule has 6 heteroatoms. The molecule has 1 aromatic heterocycles. The minimum Gasteiger partial charge on any atom is -0.482 e. The third-order valence-corrected chi connectivity index (χ3v) is 4.02. The molecule has 0 spiro atoms. The van der Waals surface area contributed by atoms with Crippen LogP contribution in [0.3, 0.4) is 0 Å². The predicted octanol–water partition coefficient (Wildman–Crippen LogP) is 4.04. The monoisotopic (exact) mass is 352 g/mol. The van der Waals surface area contributed by atoms with Gasteiger partial charge in [-0.3, -0.25) is 0 Å². The first-order chi connectivity index (χ1) is 12.5. The normalized spacial score (nSPS) is 11.8. The molecule has 134 valence electrons. The van der Waals surface area contributed by atoms with Crippen molar-refractivity contribution >= 4 is 5.97 Å². The van der Waals surface area contributed by atoms with Crippen LogP contribution in [0.4, 0.5) is 0 Å². The maximum atomic E-state index is 12.0. The summed E-state index contributed by atoms with van der Waals surface area (Å²) in [4.78, 5) is 12.0. The number of carbonyl (C=O) groups is 1. The Morgan fingerprint density at radius 2 is 1.85 bits per heavy atom. The minimum absolute atomic E-state index is 0.186. The molecule has 0 unspecified atom stereocenters. The minimum atomic E-state index is -0.658. The van der Waals surface area contributed by atoms with E-state index in [-0.39, 0.29) is 12.5 Å². The maximum Gasteiger partial charge on any atom is 0.344 e. The van der Waals surface area contributed by atoms with Crippen molar-refractivity contribution < 1.29 is 18.7 Å². The molecule has 0 aliphatic heterocycles. The molecule has 0 radical (unpaired) electrons. The molecule has 0 N–H and O–H groups in total. The molecule has 0 amide bonds. The highest BCUT2D eigenvalue weighted by atomic mass is 16.6. The Morgan fingerprint density at radius 1 is 1.08 bits per heavy atom. The number of aryl methyl sites for hydroxylation is 1. The average Bonchev–Trinajstić information content (AvgIpc) is 3.14. The first kappa shape index (κ1) is 17.7. The molecule has 26 heavy (non-hydrogen) atoms. The molecule has 1 heterocycles. The lowest BCUT2D eigenvalue weighted by Crippen LogP contribution is -2.17. The van der Waals surface area contributed by atoms with Crippen LogP contribution < -0.4 is 4.74 Å². The summed E-state index contributed by atoms with van der Waals surface area (Å²) in [5.41, 5.74) is 2.91. The van der Waals surface area contributed by atoms with Crippen molar-refractivity contribution in [3.05, 3.63) is 65.5 Å². The number of esters is 1. The molecular weight excluding hydrogens is 332 g/mol. The van der Waals surface area contributed by atoms with E-state index in [9.17, 15) is 4.79 Å². The van der Waals surface area contributed by atoms with Crippen molar-refractivity contribution in [1.82, 2.24) is 10.2 Å². The standard InChI is InChI=1S/C20H20N2O4/c1-13-8-7-11-17(14(13)2)24-12-18(23)25-15(3)19-21-22-20(26-19)16-9-5-4-6-10-16/h4-11,15H,12H2,1-3H3/t15-/m1/s1. The number of ether oxygens (including phenoxy) is 2. The average molecular weight is 352 g/mol. The molecule has 1 atom stereocenters.